The maximum atomic E-state index is 11.8. The van der Waals surface area contributed by atoms with E-state index in [0.717, 1.165) is 51.4 Å². The fourth-order valence-electron chi connectivity index (χ4n) is 7.19. The summed E-state index contributed by atoms with van der Waals surface area (Å²) < 4.78 is 12.5. The van der Waals surface area contributed by atoms with Crippen molar-refractivity contribution in [1.29, 1.82) is 0 Å². The van der Waals surface area contributed by atoms with Crippen LogP contribution in [0.25, 0.3) is 0 Å². The second kappa shape index (κ2) is 6.29. The second-order valence-electron chi connectivity index (χ2n) is 11.7. The van der Waals surface area contributed by atoms with Crippen molar-refractivity contribution >= 4 is 0 Å². The first kappa shape index (κ1) is 19.5. The molecule has 0 radical (unpaired) electrons. The Kier molecular flexibility index (Phi) is 4.39. The standard InChI is InChI=1S/C24H38O4/c1-21(2)14-27-24(28-15-21)11-7-17-12-16-6-9-22(3)19(4-5-20(22)25)18(16)8-10-23(17,26)13-24/h6,17-20,25-26H,4-5,7-15H2,1-3H3/t17-,18+,19-,20?,22-,23+/m0/s1. The predicted octanol–water partition coefficient (Wildman–Crippen LogP) is 4.19. The summed E-state index contributed by atoms with van der Waals surface area (Å²) in [7, 11) is 0. The number of allylic oxidation sites excluding steroid dienone is 2. The minimum atomic E-state index is -0.689. The van der Waals surface area contributed by atoms with Crippen LogP contribution in [0.4, 0.5) is 0 Å². The van der Waals surface area contributed by atoms with E-state index in [4.69, 9.17) is 9.47 Å². The zero-order valence-electron chi connectivity index (χ0n) is 17.9. The summed E-state index contributed by atoms with van der Waals surface area (Å²) in [4.78, 5) is 0. The van der Waals surface area contributed by atoms with Gasteiger partial charge in [-0.2, -0.15) is 0 Å². The Labute approximate surface area is 169 Å². The molecule has 5 rings (SSSR count). The van der Waals surface area contributed by atoms with Gasteiger partial charge in [-0.05, 0) is 62.7 Å². The van der Waals surface area contributed by atoms with Crippen molar-refractivity contribution in [3.05, 3.63) is 11.6 Å². The number of aliphatic hydroxyl groups excluding tert-OH is 1. The van der Waals surface area contributed by atoms with Crippen LogP contribution in [0.5, 0.6) is 0 Å². The predicted molar refractivity (Wildman–Crippen MR) is 108 cm³/mol. The Morgan fingerprint density at radius 2 is 1.75 bits per heavy atom. The Morgan fingerprint density at radius 3 is 2.50 bits per heavy atom. The maximum absolute atomic E-state index is 11.8. The molecule has 4 heteroatoms. The summed E-state index contributed by atoms with van der Waals surface area (Å²) in [5, 5.41) is 22.4. The van der Waals surface area contributed by atoms with Crippen LogP contribution in [-0.4, -0.2) is 40.9 Å². The molecule has 0 aromatic carbocycles. The average Bonchev–Trinajstić information content (AvgIpc) is 2.86. The summed E-state index contributed by atoms with van der Waals surface area (Å²) in [5.41, 5.74) is 0.974. The van der Waals surface area contributed by atoms with Crippen LogP contribution < -0.4 is 0 Å². The van der Waals surface area contributed by atoms with E-state index in [-0.39, 0.29) is 16.9 Å². The number of ether oxygens (including phenoxy) is 2. The Hall–Kier alpha value is -0.420. The molecule has 0 aromatic heterocycles. The molecule has 1 aliphatic heterocycles. The van der Waals surface area contributed by atoms with E-state index >= 15 is 0 Å². The lowest BCUT2D eigenvalue weighted by atomic mass is 9.62. The first-order valence-electron chi connectivity index (χ1n) is 11.5. The van der Waals surface area contributed by atoms with E-state index in [1.165, 1.54) is 0 Å². The van der Waals surface area contributed by atoms with Crippen molar-refractivity contribution in [2.45, 2.75) is 96.1 Å². The molecule has 1 unspecified atom stereocenters. The molecule has 2 N–H and O–H groups in total. The first-order chi connectivity index (χ1) is 13.1. The van der Waals surface area contributed by atoms with Gasteiger partial charge in [0.25, 0.3) is 0 Å². The van der Waals surface area contributed by atoms with Crippen molar-refractivity contribution in [2.24, 2.45) is 28.6 Å². The van der Waals surface area contributed by atoms with Crippen LogP contribution in [0.15, 0.2) is 11.6 Å². The minimum absolute atomic E-state index is 0.0364. The molecule has 0 amide bonds. The number of hydrogen-bond acceptors (Lipinski definition) is 4. The zero-order chi connectivity index (χ0) is 19.8. The highest BCUT2D eigenvalue weighted by atomic mass is 16.7. The fraction of sp³-hybridized carbons (Fsp3) is 0.917. The third-order valence-electron chi connectivity index (χ3n) is 9.16. The molecule has 1 heterocycles. The third-order valence-corrected chi connectivity index (χ3v) is 9.16. The van der Waals surface area contributed by atoms with E-state index in [1.54, 1.807) is 5.57 Å². The van der Waals surface area contributed by atoms with Crippen LogP contribution in [0.3, 0.4) is 0 Å². The maximum Gasteiger partial charge on any atom is 0.171 e. The Morgan fingerprint density at radius 1 is 1.00 bits per heavy atom. The van der Waals surface area contributed by atoms with Gasteiger partial charge in [-0.3, -0.25) is 0 Å². The van der Waals surface area contributed by atoms with Crippen LogP contribution >= 0.6 is 0 Å². The molecular formula is C24H38O4. The molecule has 4 fully saturated rings. The topological polar surface area (TPSA) is 58.9 Å². The Balaban J connectivity index is 1.37. The van der Waals surface area contributed by atoms with Gasteiger partial charge in [-0.25, -0.2) is 0 Å². The van der Waals surface area contributed by atoms with E-state index in [1.807, 2.05) is 0 Å². The number of rotatable bonds is 0. The van der Waals surface area contributed by atoms with Crippen molar-refractivity contribution in [3.8, 4) is 0 Å². The summed E-state index contributed by atoms with van der Waals surface area (Å²) in [5.74, 6) is 0.840. The van der Waals surface area contributed by atoms with Gasteiger partial charge < -0.3 is 19.7 Å². The van der Waals surface area contributed by atoms with Gasteiger partial charge >= 0.3 is 0 Å². The lowest BCUT2D eigenvalue weighted by Gasteiger charge is -2.52. The van der Waals surface area contributed by atoms with Gasteiger partial charge in [0.2, 0.25) is 0 Å². The summed E-state index contributed by atoms with van der Waals surface area (Å²) >= 11 is 0. The van der Waals surface area contributed by atoms with Crippen molar-refractivity contribution in [2.75, 3.05) is 13.2 Å². The average molecular weight is 391 g/mol. The summed E-state index contributed by atoms with van der Waals surface area (Å²) in [6, 6.07) is 0. The van der Waals surface area contributed by atoms with E-state index < -0.39 is 11.4 Å². The van der Waals surface area contributed by atoms with Crippen LogP contribution in [0.1, 0.15) is 78.6 Å². The van der Waals surface area contributed by atoms with Crippen LogP contribution in [0.2, 0.25) is 0 Å². The van der Waals surface area contributed by atoms with E-state index in [0.29, 0.717) is 37.4 Å². The van der Waals surface area contributed by atoms with Crippen LogP contribution in [-0.2, 0) is 9.47 Å². The number of hydrogen-bond donors (Lipinski definition) is 2. The zero-order valence-corrected chi connectivity index (χ0v) is 17.9. The second-order valence-corrected chi connectivity index (χ2v) is 11.7. The lowest BCUT2D eigenvalue weighted by Crippen LogP contribution is -2.57. The van der Waals surface area contributed by atoms with E-state index in [9.17, 15) is 10.2 Å². The van der Waals surface area contributed by atoms with Gasteiger partial charge in [0.1, 0.15) is 0 Å². The highest BCUT2D eigenvalue weighted by molar-refractivity contribution is 5.23. The highest BCUT2D eigenvalue weighted by Gasteiger charge is 2.57. The highest BCUT2D eigenvalue weighted by Crippen LogP contribution is 2.59. The fourth-order valence-corrected chi connectivity index (χ4v) is 7.19. The molecule has 4 aliphatic carbocycles. The van der Waals surface area contributed by atoms with Crippen LogP contribution in [0, 0.1) is 28.6 Å². The Bertz CT molecular complexity index is 660. The molecule has 158 valence electrons. The first-order valence-corrected chi connectivity index (χ1v) is 11.5. The SMILES string of the molecule is CC1(C)COC2(CC[C@H]3CC4=CC[C@]5(C)C(O)CC[C@H]5[C@@H]4CC[C@@]3(O)C2)OC1. The summed E-state index contributed by atoms with van der Waals surface area (Å²) in [6.45, 7) is 8.06. The largest absolute Gasteiger partial charge is 0.393 e. The monoisotopic (exact) mass is 390 g/mol. The van der Waals surface area contributed by atoms with E-state index in [2.05, 4.69) is 26.8 Å². The third kappa shape index (κ3) is 2.93. The molecule has 0 bridgehead atoms. The van der Waals surface area contributed by atoms with Crippen molar-refractivity contribution in [1.82, 2.24) is 0 Å². The molecule has 3 saturated carbocycles. The van der Waals surface area contributed by atoms with Gasteiger partial charge in [0.05, 0.1) is 24.9 Å². The molecule has 1 saturated heterocycles. The molecular weight excluding hydrogens is 352 g/mol. The molecule has 4 nitrogen and oxygen atoms in total. The van der Waals surface area contributed by atoms with Crippen molar-refractivity contribution < 1.29 is 19.7 Å². The van der Waals surface area contributed by atoms with Crippen molar-refractivity contribution in [3.63, 3.8) is 0 Å². The molecule has 6 atom stereocenters. The quantitative estimate of drug-likeness (QED) is 0.609. The minimum Gasteiger partial charge on any atom is -0.393 e. The lowest BCUT2D eigenvalue weighted by molar-refractivity contribution is -0.333. The smallest absolute Gasteiger partial charge is 0.171 e. The van der Waals surface area contributed by atoms with Gasteiger partial charge in [0, 0.05) is 23.7 Å². The summed E-state index contributed by atoms with van der Waals surface area (Å²) in [6.07, 6.45) is 10.7. The normalized spacial score (nSPS) is 49.5. The molecule has 1 spiro atoms. The van der Waals surface area contributed by atoms with Gasteiger partial charge in [0.15, 0.2) is 5.79 Å². The number of aliphatic hydroxyl groups is 2. The van der Waals surface area contributed by atoms with Gasteiger partial charge in [-0.1, -0.05) is 32.4 Å². The molecule has 5 aliphatic rings. The van der Waals surface area contributed by atoms with Gasteiger partial charge in [-0.15, -0.1) is 0 Å². The molecule has 0 aromatic rings. The number of fused-ring (bicyclic) bond motifs is 4. The molecule has 28 heavy (non-hydrogen) atoms.